The van der Waals surface area contributed by atoms with E-state index in [2.05, 4.69) is 20.7 Å². The lowest BCUT2D eigenvalue weighted by Crippen LogP contribution is -2.26. The molecule has 2 aromatic rings. The average Bonchev–Trinajstić information content (AvgIpc) is 3.24. The third-order valence-corrected chi connectivity index (χ3v) is 7.42. The predicted octanol–water partition coefficient (Wildman–Crippen LogP) is 3.90. The molecular formula is C32H43N3O8. The van der Waals surface area contributed by atoms with E-state index in [0.717, 1.165) is 29.5 Å². The first-order valence-electron chi connectivity index (χ1n) is 14.6. The van der Waals surface area contributed by atoms with Gasteiger partial charge in [-0.3, -0.25) is 19.2 Å². The molecule has 0 unspecified atom stereocenters. The fourth-order valence-electron chi connectivity index (χ4n) is 5.32. The maximum absolute atomic E-state index is 13.4. The lowest BCUT2D eigenvalue weighted by atomic mass is 9.95. The normalized spacial score (nSPS) is 13.5. The smallest absolute Gasteiger partial charge is 0.305 e. The minimum Gasteiger partial charge on any atom is -0.493 e. The summed E-state index contributed by atoms with van der Waals surface area (Å²) in [5, 5.41) is 9.07. The Bertz CT molecular complexity index is 1360. The number of carbonyl (C=O) groups is 3. The second-order valence-corrected chi connectivity index (χ2v) is 10.4. The van der Waals surface area contributed by atoms with Crippen LogP contribution < -0.4 is 35.6 Å². The Morgan fingerprint density at radius 1 is 0.884 bits per heavy atom. The number of rotatable bonds is 15. The molecule has 0 saturated carbocycles. The first kappa shape index (κ1) is 33.2. The van der Waals surface area contributed by atoms with Gasteiger partial charge in [0.05, 0.1) is 40.2 Å². The largest absolute Gasteiger partial charge is 0.493 e. The topological polar surface area (TPSA) is 141 Å². The third-order valence-electron chi connectivity index (χ3n) is 7.42. The summed E-state index contributed by atoms with van der Waals surface area (Å²) in [7, 11) is 6.03. The molecule has 0 spiro atoms. The van der Waals surface area contributed by atoms with Crippen LogP contribution in [0.2, 0.25) is 0 Å². The van der Waals surface area contributed by atoms with Gasteiger partial charge in [-0.1, -0.05) is 12.5 Å². The number of carbonyl (C=O) groups excluding carboxylic acids is 3. The van der Waals surface area contributed by atoms with Crippen molar-refractivity contribution >= 4 is 23.5 Å². The number of methoxy groups -OCH3 is 4. The third kappa shape index (κ3) is 8.86. The van der Waals surface area contributed by atoms with Gasteiger partial charge in [0.2, 0.25) is 23.0 Å². The van der Waals surface area contributed by atoms with Crippen molar-refractivity contribution in [2.45, 2.75) is 64.3 Å². The summed E-state index contributed by atoms with van der Waals surface area (Å²) in [6.45, 7) is 2.47. The van der Waals surface area contributed by atoms with Gasteiger partial charge in [-0.25, -0.2) is 0 Å². The first-order chi connectivity index (χ1) is 20.7. The Morgan fingerprint density at radius 2 is 1.65 bits per heavy atom. The second-order valence-electron chi connectivity index (χ2n) is 10.4. The fourth-order valence-corrected chi connectivity index (χ4v) is 5.32. The SMILES string of the molecule is COC(=O)CCCNC(=O)CCCCCNc1ccc2c(cc1=O)[C@@H](NC(C)=O)CCc1cc(OC)c(OC)c(OC)c1-2. The van der Waals surface area contributed by atoms with E-state index in [1.165, 1.54) is 14.0 Å². The van der Waals surface area contributed by atoms with E-state index in [-0.39, 0.29) is 35.7 Å². The number of fused-ring (bicyclic) bond motifs is 3. The zero-order valence-corrected chi connectivity index (χ0v) is 25.7. The monoisotopic (exact) mass is 597 g/mol. The summed E-state index contributed by atoms with van der Waals surface area (Å²) in [6, 6.07) is 6.79. The number of hydrogen-bond acceptors (Lipinski definition) is 9. The van der Waals surface area contributed by atoms with Gasteiger partial charge in [-0.2, -0.15) is 0 Å². The fraction of sp³-hybridized carbons (Fsp3) is 0.500. The van der Waals surface area contributed by atoms with Crippen LogP contribution in [0.5, 0.6) is 17.2 Å². The summed E-state index contributed by atoms with van der Waals surface area (Å²) in [5.74, 6) is 0.979. The van der Waals surface area contributed by atoms with Gasteiger partial charge in [0.25, 0.3) is 0 Å². The number of aryl methyl sites for hydroxylation is 1. The molecule has 0 radical (unpaired) electrons. The quantitative estimate of drug-likeness (QED) is 0.206. The van der Waals surface area contributed by atoms with Crippen LogP contribution in [-0.2, 0) is 25.5 Å². The van der Waals surface area contributed by atoms with E-state index in [0.29, 0.717) is 73.7 Å². The van der Waals surface area contributed by atoms with Gasteiger partial charge in [-0.05, 0) is 67.0 Å². The van der Waals surface area contributed by atoms with Crippen LogP contribution in [0, 0.1) is 0 Å². The van der Waals surface area contributed by atoms with E-state index in [9.17, 15) is 19.2 Å². The maximum atomic E-state index is 13.4. The molecule has 0 heterocycles. The lowest BCUT2D eigenvalue weighted by molar-refractivity contribution is -0.140. The molecule has 234 valence electrons. The molecule has 0 aliphatic heterocycles. The highest BCUT2D eigenvalue weighted by molar-refractivity contribution is 5.83. The van der Waals surface area contributed by atoms with Gasteiger partial charge in [0.1, 0.15) is 0 Å². The van der Waals surface area contributed by atoms with Gasteiger partial charge in [-0.15, -0.1) is 0 Å². The van der Waals surface area contributed by atoms with E-state index in [1.54, 1.807) is 33.5 Å². The van der Waals surface area contributed by atoms with Crippen molar-refractivity contribution in [1.29, 1.82) is 0 Å². The van der Waals surface area contributed by atoms with E-state index in [4.69, 9.17) is 14.2 Å². The zero-order chi connectivity index (χ0) is 31.4. The van der Waals surface area contributed by atoms with Crippen LogP contribution in [0.3, 0.4) is 0 Å². The maximum Gasteiger partial charge on any atom is 0.305 e. The molecule has 2 aromatic carbocycles. The Kier molecular flexibility index (Phi) is 12.7. The molecule has 1 aliphatic rings. The number of esters is 1. The van der Waals surface area contributed by atoms with E-state index in [1.807, 2.05) is 12.1 Å². The van der Waals surface area contributed by atoms with Crippen LogP contribution >= 0.6 is 0 Å². The molecule has 0 fully saturated rings. The van der Waals surface area contributed by atoms with Gasteiger partial charge < -0.3 is 34.9 Å². The number of ether oxygens (including phenoxy) is 4. The Labute approximate surface area is 252 Å². The van der Waals surface area contributed by atoms with Crippen molar-refractivity contribution in [2.24, 2.45) is 0 Å². The molecule has 1 aliphatic carbocycles. The highest BCUT2D eigenvalue weighted by Crippen LogP contribution is 2.50. The molecule has 43 heavy (non-hydrogen) atoms. The lowest BCUT2D eigenvalue weighted by Gasteiger charge is -2.19. The van der Waals surface area contributed by atoms with Gasteiger partial charge in [0.15, 0.2) is 11.5 Å². The van der Waals surface area contributed by atoms with Crippen molar-refractivity contribution in [1.82, 2.24) is 10.6 Å². The van der Waals surface area contributed by atoms with Crippen molar-refractivity contribution in [3.63, 3.8) is 0 Å². The molecular weight excluding hydrogens is 554 g/mol. The summed E-state index contributed by atoms with van der Waals surface area (Å²) >= 11 is 0. The Morgan fingerprint density at radius 3 is 2.33 bits per heavy atom. The number of benzene rings is 1. The van der Waals surface area contributed by atoms with Gasteiger partial charge >= 0.3 is 5.97 Å². The van der Waals surface area contributed by atoms with Gasteiger partial charge in [0, 0.05) is 38.4 Å². The minimum absolute atomic E-state index is 0.0464. The van der Waals surface area contributed by atoms with E-state index < -0.39 is 0 Å². The second kappa shape index (κ2) is 16.4. The molecule has 2 amide bonds. The molecule has 11 heteroatoms. The Balaban J connectivity index is 1.74. The summed E-state index contributed by atoms with van der Waals surface area (Å²) < 4.78 is 21.6. The summed E-state index contributed by atoms with van der Waals surface area (Å²) in [4.78, 5) is 48.7. The molecule has 1 atom stereocenters. The number of anilines is 1. The Hall–Kier alpha value is -4.28. The standard InChI is InChI=1S/C32H43N3O8/c1-20(36)35-24-14-12-21-18-27(40-2)31(42-4)32(43-5)30(21)22-13-15-25(26(37)19-23(22)24)33-16-8-6-7-10-28(38)34-17-9-11-29(39)41-3/h13,15,18-19,24H,6-12,14,16-17H2,1-5H3,(H,33,37)(H,34,38)(H,35,36)/t24-/m0/s1. The van der Waals surface area contributed by atoms with Crippen molar-refractivity contribution in [3.8, 4) is 28.4 Å². The highest BCUT2D eigenvalue weighted by atomic mass is 16.5. The van der Waals surface area contributed by atoms with Crippen LogP contribution in [0.15, 0.2) is 29.1 Å². The predicted molar refractivity (Wildman–Crippen MR) is 164 cm³/mol. The highest BCUT2D eigenvalue weighted by Gasteiger charge is 2.29. The van der Waals surface area contributed by atoms with Crippen LogP contribution in [0.4, 0.5) is 5.69 Å². The molecule has 0 bridgehead atoms. The minimum atomic E-state index is -0.374. The number of hydrogen-bond donors (Lipinski definition) is 3. The number of nitrogens with one attached hydrogen (secondary N) is 3. The van der Waals surface area contributed by atoms with Crippen molar-refractivity contribution in [2.75, 3.05) is 46.8 Å². The van der Waals surface area contributed by atoms with Crippen LogP contribution in [-0.4, -0.2) is 59.3 Å². The number of unbranched alkanes of at least 4 members (excludes halogenated alkanes) is 2. The van der Waals surface area contributed by atoms with E-state index >= 15 is 0 Å². The average molecular weight is 598 g/mol. The summed E-state index contributed by atoms with van der Waals surface area (Å²) in [5.41, 5.74) is 3.49. The number of amides is 2. The van der Waals surface area contributed by atoms with Crippen LogP contribution in [0.1, 0.15) is 69.0 Å². The molecule has 0 aromatic heterocycles. The molecule has 11 nitrogen and oxygen atoms in total. The van der Waals surface area contributed by atoms with Crippen LogP contribution in [0.25, 0.3) is 11.1 Å². The molecule has 0 saturated heterocycles. The molecule has 3 rings (SSSR count). The first-order valence-corrected chi connectivity index (χ1v) is 14.6. The molecule has 3 N–H and O–H groups in total. The zero-order valence-electron chi connectivity index (χ0n) is 25.7. The summed E-state index contributed by atoms with van der Waals surface area (Å²) in [6.07, 6.45) is 4.73. The van der Waals surface area contributed by atoms with Crippen molar-refractivity contribution in [3.05, 3.63) is 45.6 Å². The van der Waals surface area contributed by atoms with Crippen molar-refractivity contribution < 1.29 is 33.3 Å².